The lowest BCUT2D eigenvalue weighted by atomic mass is 9.99. The maximum atomic E-state index is 13.1. The van der Waals surface area contributed by atoms with Gasteiger partial charge in [0.25, 0.3) is 0 Å². The zero-order valence-corrected chi connectivity index (χ0v) is 62.3. The number of ether oxygens (including phenoxy) is 4. The molecule has 0 aromatic heterocycles. The molecule has 0 rings (SSSR count). The molecule has 19 heteroatoms. The first-order valence-electron chi connectivity index (χ1n) is 38.5. The van der Waals surface area contributed by atoms with Crippen LogP contribution in [0.1, 0.15) is 382 Å². The molecule has 0 spiro atoms. The highest BCUT2D eigenvalue weighted by Crippen LogP contribution is 2.45. The number of aliphatic hydroxyl groups excluding tert-OH is 1. The molecule has 0 bridgehead atoms. The van der Waals surface area contributed by atoms with E-state index < -0.39 is 97.5 Å². The van der Waals surface area contributed by atoms with Crippen LogP contribution in [0.15, 0.2) is 0 Å². The highest BCUT2D eigenvalue weighted by atomic mass is 31.2. The van der Waals surface area contributed by atoms with E-state index in [1.54, 1.807) is 0 Å². The van der Waals surface area contributed by atoms with Gasteiger partial charge in [-0.2, -0.15) is 0 Å². The highest BCUT2D eigenvalue weighted by molar-refractivity contribution is 7.47. The van der Waals surface area contributed by atoms with E-state index >= 15 is 0 Å². The molecule has 0 aliphatic carbocycles. The molecule has 0 fully saturated rings. The number of esters is 4. The Labute approximate surface area is 568 Å². The molecule has 0 saturated heterocycles. The summed E-state index contributed by atoms with van der Waals surface area (Å²) < 4.78 is 68.4. The van der Waals surface area contributed by atoms with E-state index in [0.717, 1.165) is 102 Å². The zero-order valence-electron chi connectivity index (χ0n) is 60.6. The second kappa shape index (κ2) is 66.0. The summed E-state index contributed by atoms with van der Waals surface area (Å²) in [6.07, 6.45) is 52.6. The third-order valence-electron chi connectivity index (χ3n) is 17.6. The van der Waals surface area contributed by atoms with Crippen molar-refractivity contribution in [2.75, 3.05) is 39.6 Å². The number of carbonyl (C=O) groups excluding carboxylic acids is 4. The number of hydrogen-bond acceptors (Lipinski definition) is 15. The lowest BCUT2D eigenvalue weighted by Crippen LogP contribution is -2.30. The molecule has 0 aliphatic heterocycles. The molecule has 0 radical (unpaired) electrons. The number of phosphoric ester groups is 2. The maximum Gasteiger partial charge on any atom is 0.472 e. The van der Waals surface area contributed by atoms with Crippen LogP contribution in [0, 0.1) is 11.8 Å². The third kappa shape index (κ3) is 67.0. The van der Waals surface area contributed by atoms with Crippen molar-refractivity contribution in [1.82, 2.24) is 0 Å². The third-order valence-corrected chi connectivity index (χ3v) is 19.5. The SMILES string of the molecule is CCCCCCCCCCCCCCCCC(=O)OC[C@H](COP(=O)(O)OC[C@@H](O)COP(=O)(O)OC[C@@H](COC(=O)CCCCCCCCCCC)OC(=O)CCCCCCCCCCCC(C)C)OC(=O)CCCCCCCCCCCCCCCCC(C)CC. The molecular formula is C74H144O17P2. The first kappa shape index (κ1) is 91.1. The predicted molar refractivity (Wildman–Crippen MR) is 377 cm³/mol. The second-order valence-electron chi connectivity index (χ2n) is 27.4. The molecule has 0 amide bonds. The van der Waals surface area contributed by atoms with Gasteiger partial charge in [-0.3, -0.25) is 37.3 Å². The van der Waals surface area contributed by atoms with E-state index in [1.165, 1.54) is 199 Å². The Balaban J connectivity index is 5.23. The molecule has 17 nitrogen and oxygen atoms in total. The molecular weight excluding hydrogens is 1220 g/mol. The van der Waals surface area contributed by atoms with E-state index in [4.69, 9.17) is 37.0 Å². The minimum Gasteiger partial charge on any atom is -0.462 e. The lowest BCUT2D eigenvalue weighted by molar-refractivity contribution is -0.161. The Morgan fingerprint density at radius 1 is 0.312 bits per heavy atom. The Morgan fingerprint density at radius 2 is 0.548 bits per heavy atom. The van der Waals surface area contributed by atoms with Crippen molar-refractivity contribution in [3.8, 4) is 0 Å². The Hall–Kier alpha value is -1.94. The molecule has 0 aliphatic rings. The van der Waals surface area contributed by atoms with Crippen molar-refractivity contribution in [1.29, 1.82) is 0 Å². The first-order chi connectivity index (χ1) is 44.9. The van der Waals surface area contributed by atoms with Gasteiger partial charge in [-0.05, 0) is 37.5 Å². The summed E-state index contributed by atoms with van der Waals surface area (Å²) >= 11 is 0. The second-order valence-corrected chi connectivity index (χ2v) is 30.3. The van der Waals surface area contributed by atoms with Gasteiger partial charge in [-0.25, -0.2) is 9.13 Å². The summed E-state index contributed by atoms with van der Waals surface area (Å²) in [5, 5.41) is 10.6. The minimum absolute atomic E-state index is 0.105. The molecule has 0 saturated carbocycles. The number of unbranched alkanes of at least 4 members (excludes halogenated alkanes) is 42. The molecule has 6 atom stereocenters. The van der Waals surface area contributed by atoms with Gasteiger partial charge < -0.3 is 33.8 Å². The van der Waals surface area contributed by atoms with Gasteiger partial charge in [0.05, 0.1) is 26.4 Å². The number of aliphatic hydroxyl groups is 1. The predicted octanol–water partition coefficient (Wildman–Crippen LogP) is 21.6. The Kier molecular flexibility index (Phi) is 64.6. The minimum atomic E-state index is -4.96. The first-order valence-corrected chi connectivity index (χ1v) is 41.5. The molecule has 3 N–H and O–H groups in total. The van der Waals surface area contributed by atoms with Crippen LogP contribution in [-0.4, -0.2) is 96.7 Å². The topological polar surface area (TPSA) is 237 Å². The number of rotatable bonds is 73. The zero-order chi connectivity index (χ0) is 68.6. The van der Waals surface area contributed by atoms with Crippen molar-refractivity contribution >= 4 is 39.5 Å². The van der Waals surface area contributed by atoms with E-state index in [9.17, 15) is 43.2 Å². The van der Waals surface area contributed by atoms with Gasteiger partial charge in [0.15, 0.2) is 12.2 Å². The number of carbonyl (C=O) groups is 4. The summed E-state index contributed by atoms with van der Waals surface area (Å²) in [4.78, 5) is 72.7. The Bertz CT molecular complexity index is 1810. The molecule has 0 heterocycles. The summed E-state index contributed by atoms with van der Waals surface area (Å²) in [5.41, 5.74) is 0. The van der Waals surface area contributed by atoms with Crippen LogP contribution in [0.4, 0.5) is 0 Å². The molecule has 0 aromatic carbocycles. The van der Waals surface area contributed by atoms with Gasteiger partial charge >= 0.3 is 39.5 Å². The van der Waals surface area contributed by atoms with Crippen LogP contribution in [0.2, 0.25) is 0 Å². The van der Waals surface area contributed by atoms with Gasteiger partial charge in [0, 0.05) is 25.7 Å². The lowest BCUT2D eigenvalue weighted by Gasteiger charge is -2.21. The normalized spacial score (nSPS) is 14.3. The average molecular weight is 1370 g/mol. The Morgan fingerprint density at radius 3 is 0.817 bits per heavy atom. The van der Waals surface area contributed by atoms with Crippen molar-refractivity contribution < 1.29 is 80.2 Å². The van der Waals surface area contributed by atoms with Gasteiger partial charge in [-0.1, -0.05) is 330 Å². The quantitative estimate of drug-likeness (QED) is 0.0222. The van der Waals surface area contributed by atoms with Crippen LogP contribution in [-0.2, 0) is 65.4 Å². The van der Waals surface area contributed by atoms with E-state index in [-0.39, 0.29) is 25.7 Å². The summed E-state index contributed by atoms with van der Waals surface area (Å²) in [6.45, 7) is 9.60. The number of hydrogen-bond donors (Lipinski definition) is 3. The fourth-order valence-electron chi connectivity index (χ4n) is 11.3. The van der Waals surface area contributed by atoms with E-state index in [0.29, 0.717) is 25.7 Å². The largest absolute Gasteiger partial charge is 0.472 e. The van der Waals surface area contributed by atoms with Crippen LogP contribution in [0.5, 0.6) is 0 Å². The molecule has 0 aromatic rings. The fourth-order valence-corrected chi connectivity index (χ4v) is 12.8. The smallest absolute Gasteiger partial charge is 0.462 e. The molecule has 93 heavy (non-hydrogen) atoms. The monoisotopic (exact) mass is 1370 g/mol. The van der Waals surface area contributed by atoms with Gasteiger partial charge in [0.2, 0.25) is 0 Å². The summed E-state index contributed by atoms with van der Waals surface area (Å²) in [7, 11) is -9.91. The van der Waals surface area contributed by atoms with Crippen molar-refractivity contribution in [2.45, 2.75) is 400 Å². The van der Waals surface area contributed by atoms with Crippen LogP contribution in [0.25, 0.3) is 0 Å². The van der Waals surface area contributed by atoms with Crippen LogP contribution < -0.4 is 0 Å². The van der Waals surface area contributed by atoms with Crippen molar-refractivity contribution in [3.63, 3.8) is 0 Å². The number of phosphoric acid groups is 2. The van der Waals surface area contributed by atoms with Crippen LogP contribution >= 0.6 is 15.6 Å². The standard InChI is InChI=1S/C74H144O17P2/c1-7-10-12-14-16-18-19-20-24-27-33-39-45-51-57-72(77)85-63-70(90-73(78)58-52-46-40-34-28-25-22-21-23-26-32-37-43-49-55-67(6)9-3)65-89-93(82,83)87-61-68(75)60-86-92(80,81)88-64-69(62-84-71(76)56-50-44-38-30-17-15-13-11-8-2)91-74(79)59-53-47-41-35-29-31-36-42-48-54-66(4)5/h66-70,75H,7-65H2,1-6H3,(H,80,81)(H,82,83)/t67?,68-,69+,70+/m0/s1. The average Bonchev–Trinajstić information content (AvgIpc) is 2.93. The van der Waals surface area contributed by atoms with Crippen molar-refractivity contribution in [3.05, 3.63) is 0 Å². The highest BCUT2D eigenvalue weighted by Gasteiger charge is 2.30. The van der Waals surface area contributed by atoms with Gasteiger partial charge in [-0.15, -0.1) is 0 Å². The summed E-state index contributed by atoms with van der Waals surface area (Å²) in [6, 6.07) is 0. The fraction of sp³-hybridized carbons (Fsp3) is 0.946. The van der Waals surface area contributed by atoms with Gasteiger partial charge in [0.1, 0.15) is 19.3 Å². The van der Waals surface area contributed by atoms with E-state index in [1.807, 2.05) is 0 Å². The molecule has 552 valence electrons. The van der Waals surface area contributed by atoms with Crippen molar-refractivity contribution in [2.24, 2.45) is 11.8 Å². The van der Waals surface area contributed by atoms with E-state index in [2.05, 4.69) is 41.5 Å². The van der Waals surface area contributed by atoms with Crippen LogP contribution in [0.3, 0.4) is 0 Å². The maximum absolute atomic E-state index is 13.1. The molecule has 3 unspecified atom stereocenters. The summed E-state index contributed by atoms with van der Waals surface area (Å²) in [5.74, 6) is -0.536.